The van der Waals surface area contributed by atoms with Crippen LogP contribution >= 0.6 is 0 Å². The second-order valence-electron chi connectivity index (χ2n) is 5.53. The van der Waals surface area contributed by atoms with E-state index in [0.717, 1.165) is 31.4 Å². The molecule has 1 amide bonds. The van der Waals surface area contributed by atoms with Crippen molar-refractivity contribution in [1.82, 2.24) is 0 Å². The summed E-state index contributed by atoms with van der Waals surface area (Å²) in [6, 6.07) is 7.33. The molecule has 1 heterocycles. The van der Waals surface area contributed by atoms with Gasteiger partial charge in [0.25, 0.3) is 0 Å². The van der Waals surface area contributed by atoms with Gasteiger partial charge in [0.05, 0.1) is 19.3 Å². The number of fused-ring (bicyclic) bond motifs is 1. The number of hydrogen-bond donors (Lipinski definition) is 0. The highest BCUT2D eigenvalue weighted by atomic mass is 16.6. The third-order valence-corrected chi connectivity index (χ3v) is 4.21. The number of carbonyl (C=O) groups excluding carboxylic acids is 2. The second kappa shape index (κ2) is 5.76. The monoisotopic (exact) mass is 289 g/mol. The predicted octanol–water partition coefficient (Wildman–Crippen LogP) is 2.14. The van der Waals surface area contributed by atoms with Gasteiger partial charge in [-0.05, 0) is 25.0 Å². The average molecular weight is 289 g/mol. The molecule has 1 aromatic carbocycles. The first-order valence-electron chi connectivity index (χ1n) is 7.35. The van der Waals surface area contributed by atoms with Crippen molar-refractivity contribution >= 4 is 17.6 Å². The van der Waals surface area contributed by atoms with Gasteiger partial charge >= 0.3 is 5.97 Å². The molecule has 21 heavy (non-hydrogen) atoms. The fourth-order valence-electron chi connectivity index (χ4n) is 3.09. The quantitative estimate of drug-likeness (QED) is 0.783. The lowest BCUT2D eigenvalue weighted by Gasteiger charge is -2.34. The number of para-hydroxylation sites is 2. The standard InChI is InChI=1S/C16H19NO4/c1-20-16(19)14-10-17(15(18)11-6-2-3-7-11)12-8-4-5-9-13(12)21-14/h4-5,8-9,11,14H,2-3,6-7,10H2,1H3. The zero-order valence-electron chi connectivity index (χ0n) is 12.1. The van der Waals surface area contributed by atoms with Crippen LogP contribution in [-0.4, -0.2) is 31.6 Å². The lowest BCUT2D eigenvalue weighted by Crippen LogP contribution is -2.49. The molecule has 1 atom stereocenters. The van der Waals surface area contributed by atoms with Crippen molar-refractivity contribution in [3.05, 3.63) is 24.3 Å². The summed E-state index contributed by atoms with van der Waals surface area (Å²) in [6.07, 6.45) is 3.31. The highest BCUT2D eigenvalue weighted by molar-refractivity contribution is 5.98. The van der Waals surface area contributed by atoms with Gasteiger partial charge in [-0.3, -0.25) is 4.79 Å². The summed E-state index contributed by atoms with van der Waals surface area (Å²) in [6.45, 7) is 0.221. The Morgan fingerprint density at radius 2 is 1.95 bits per heavy atom. The van der Waals surface area contributed by atoms with Crippen molar-refractivity contribution < 1.29 is 19.1 Å². The van der Waals surface area contributed by atoms with Crippen LogP contribution < -0.4 is 9.64 Å². The molecule has 0 saturated heterocycles. The number of nitrogens with zero attached hydrogens (tertiary/aromatic N) is 1. The van der Waals surface area contributed by atoms with Crippen molar-refractivity contribution in [2.45, 2.75) is 31.8 Å². The molecule has 0 radical (unpaired) electrons. The summed E-state index contributed by atoms with van der Waals surface area (Å²) in [7, 11) is 1.33. The Hall–Kier alpha value is -2.04. The summed E-state index contributed by atoms with van der Waals surface area (Å²) in [5.74, 6) is 0.269. The molecule has 3 rings (SSSR count). The van der Waals surface area contributed by atoms with Crippen LogP contribution in [0.25, 0.3) is 0 Å². The van der Waals surface area contributed by atoms with E-state index in [1.165, 1.54) is 7.11 Å². The van der Waals surface area contributed by atoms with Gasteiger partial charge in [-0.1, -0.05) is 25.0 Å². The predicted molar refractivity (Wildman–Crippen MR) is 77.2 cm³/mol. The number of hydrogen-bond acceptors (Lipinski definition) is 4. The first kappa shape index (κ1) is 13.9. The van der Waals surface area contributed by atoms with Gasteiger partial charge in [0.1, 0.15) is 5.75 Å². The summed E-state index contributed by atoms with van der Waals surface area (Å²) >= 11 is 0. The molecule has 1 saturated carbocycles. The smallest absolute Gasteiger partial charge is 0.348 e. The first-order chi connectivity index (χ1) is 10.2. The molecule has 1 aliphatic heterocycles. The van der Waals surface area contributed by atoms with Crippen LogP contribution in [0.4, 0.5) is 5.69 Å². The van der Waals surface area contributed by atoms with Crippen molar-refractivity contribution in [2.24, 2.45) is 5.92 Å². The first-order valence-corrected chi connectivity index (χ1v) is 7.35. The largest absolute Gasteiger partial charge is 0.475 e. The molecule has 2 aliphatic rings. The van der Waals surface area contributed by atoms with E-state index in [-0.39, 0.29) is 18.4 Å². The number of benzene rings is 1. The zero-order chi connectivity index (χ0) is 14.8. The third kappa shape index (κ3) is 2.60. The maximum absolute atomic E-state index is 12.7. The minimum Gasteiger partial charge on any atom is -0.475 e. The normalized spacial score (nSPS) is 21.6. The van der Waals surface area contributed by atoms with E-state index >= 15 is 0 Å². The molecular formula is C16H19NO4. The minimum absolute atomic E-state index is 0.0643. The van der Waals surface area contributed by atoms with Gasteiger partial charge in [-0.15, -0.1) is 0 Å². The molecule has 112 valence electrons. The Labute approximate surface area is 123 Å². The highest BCUT2D eigenvalue weighted by Crippen LogP contribution is 2.36. The number of methoxy groups -OCH3 is 1. The van der Waals surface area contributed by atoms with E-state index in [9.17, 15) is 9.59 Å². The van der Waals surface area contributed by atoms with Crippen LogP contribution in [0.15, 0.2) is 24.3 Å². The number of amides is 1. The molecule has 1 aliphatic carbocycles. The maximum atomic E-state index is 12.7. The van der Waals surface area contributed by atoms with Crippen LogP contribution in [-0.2, 0) is 14.3 Å². The van der Waals surface area contributed by atoms with Gasteiger partial charge in [-0.25, -0.2) is 4.79 Å². The molecule has 1 fully saturated rings. The number of anilines is 1. The number of carbonyl (C=O) groups is 2. The average Bonchev–Trinajstić information content (AvgIpc) is 3.06. The van der Waals surface area contributed by atoms with Crippen LogP contribution in [0.5, 0.6) is 5.75 Å². The van der Waals surface area contributed by atoms with E-state index in [2.05, 4.69) is 0 Å². The van der Waals surface area contributed by atoms with Gasteiger partial charge in [0, 0.05) is 5.92 Å². The van der Waals surface area contributed by atoms with Crippen LogP contribution in [0, 0.1) is 5.92 Å². The molecule has 1 aromatic rings. The Morgan fingerprint density at radius 3 is 2.67 bits per heavy atom. The van der Waals surface area contributed by atoms with Gasteiger partial charge in [0.15, 0.2) is 0 Å². The van der Waals surface area contributed by atoms with Crippen molar-refractivity contribution in [2.75, 3.05) is 18.6 Å². The van der Waals surface area contributed by atoms with Crippen LogP contribution in [0.1, 0.15) is 25.7 Å². The summed E-state index contributed by atoms with van der Waals surface area (Å²) in [5, 5.41) is 0. The van der Waals surface area contributed by atoms with Crippen LogP contribution in [0.2, 0.25) is 0 Å². The molecule has 1 unspecified atom stereocenters. The summed E-state index contributed by atoms with van der Waals surface area (Å²) in [4.78, 5) is 26.2. The summed E-state index contributed by atoms with van der Waals surface area (Å²) in [5.41, 5.74) is 0.745. The number of ether oxygens (including phenoxy) is 2. The molecule has 5 heteroatoms. The van der Waals surface area contributed by atoms with E-state index < -0.39 is 12.1 Å². The second-order valence-corrected chi connectivity index (χ2v) is 5.53. The molecule has 5 nitrogen and oxygen atoms in total. The van der Waals surface area contributed by atoms with Gasteiger partial charge in [-0.2, -0.15) is 0 Å². The fraction of sp³-hybridized carbons (Fsp3) is 0.500. The summed E-state index contributed by atoms with van der Waals surface area (Å²) < 4.78 is 10.4. The van der Waals surface area contributed by atoms with E-state index in [1.54, 1.807) is 11.0 Å². The fourth-order valence-corrected chi connectivity index (χ4v) is 3.09. The Balaban J connectivity index is 1.90. The molecular weight excluding hydrogens is 270 g/mol. The van der Waals surface area contributed by atoms with E-state index in [0.29, 0.717) is 5.75 Å². The number of rotatable bonds is 2. The SMILES string of the molecule is COC(=O)C1CN(C(=O)C2CCCC2)c2ccccc2O1. The number of esters is 1. The van der Waals surface area contributed by atoms with Crippen molar-refractivity contribution in [3.63, 3.8) is 0 Å². The van der Waals surface area contributed by atoms with Crippen LogP contribution in [0.3, 0.4) is 0 Å². The molecule has 0 aromatic heterocycles. The minimum atomic E-state index is -0.754. The highest BCUT2D eigenvalue weighted by Gasteiger charge is 2.37. The molecule has 0 bridgehead atoms. The Kier molecular flexibility index (Phi) is 3.82. The van der Waals surface area contributed by atoms with Gasteiger partial charge < -0.3 is 14.4 Å². The third-order valence-electron chi connectivity index (χ3n) is 4.21. The van der Waals surface area contributed by atoms with E-state index in [4.69, 9.17) is 9.47 Å². The van der Waals surface area contributed by atoms with Gasteiger partial charge in [0.2, 0.25) is 12.0 Å². The lowest BCUT2D eigenvalue weighted by atomic mass is 10.0. The molecule has 0 N–H and O–H groups in total. The van der Waals surface area contributed by atoms with Crippen molar-refractivity contribution in [1.29, 1.82) is 0 Å². The Bertz CT molecular complexity index is 551. The molecule has 0 spiro atoms. The van der Waals surface area contributed by atoms with Crippen molar-refractivity contribution in [3.8, 4) is 5.75 Å². The van der Waals surface area contributed by atoms with E-state index in [1.807, 2.05) is 18.2 Å². The zero-order valence-corrected chi connectivity index (χ0v) is 12.1. The Morgan fingerprint density at radius 1 is 1.24 bits per heavy atom. The maximum Gasteiger partial charge on any atom is 0.348 e. The lowest BCUT2D eigenvalue weighted by molar-refractivity contribution is -0.148. The topological polar surface area (TPSA) is 55.8 Å².